The summed E-state index contributed by atoms with van der Waals surface area (Å²) in [5.41, 5.74) is 9.89. The van der Waals surface area contributed by atoms with Gasteiger partial charge < -0.3 is 20.1 Å². The van der Waals surface area contributed by atoms with Crippen LogP contribution in [0.4, 0.5) is 15.2 Å². The van der Waals surface area contributed by atoms with Gasteiger partial charge in [-0.05, 0) is 37.8 Å². The minimum absolute atomic E-state index is 0.0299. The van der Waals surface area contributed by atoms with Gasteiger partial charge in [-0.1, -0.05) is 0 Å². The van der Waals surface area contributed by atoms with Gasteiger partial charge in [-0.15, -0.1) is 11.3 Å². The Balaban J connectivity index is 1.17. The van der Waals surface area contributed by atoms with Gasteiger partial charge in [0.05, 0.1) is 30.0 Å². The molecule has 2 atom stereocenters. The molecule has 3 fully saturated rings. The van der Waals surface area contributed by atoms with Gasteiger partial charge in [0.15, 0.2) is 0 Å². The maximum atomic E-state index is 14.2. The zero-order chi connectivity index (χ0) is 24.5. The van der Waals surface area contributed by atoms with Gasteiger partial charge in [0.1, 0.15) is 29.7 Å². The number of rotatable bonds is 4. The van der Waals surface area contributed by atoms with Crippen molar-refractivity contribution in [3.8, 4) is 12.1 Å². The van der Waals surface area contributed by atoms with Crippen molar-refractivity contribution >= 4 is 22.2 Å². The lowest BCUT2D eigenvalue weighted by Crippen LogP contribution is -2.59. The highest BCUT2D eigenvalue weighted by Gasteiger charge is 2.52. The number of ether oxygens (including phenoxy) is 2. The molecule has 8 nitrogen and oxygen atoms in total. The summed E-state index contributed by atoms with van der Waals surface area (Å²) in [4.78, 5) is 15.6. The Hall–Kier alpha value is -2.48. The first-order valence-electron chi connectivity index (χ1n) is 13.1. The van der Waals surface area contributed by atoms with Crippen LogP contribution in [0.5, 0.6) is 6.01 Å². The predicted molar refractivity (Wildman–Crippen MR) is 134 cm³/mol. The highest BCUT2D eigenvalue weighted by molar-refractivity contribution is 7.16. The maximum absolute atomic E-state index is 14.2. The Bertz CT molecular complexity index is 1250. The summed E-state index contributed by atoms with van der Waals surface area (Å²) < 4.78 is 26.3. The van der Waals surface area contributed by atoms with Crippen LogP contribution in [0.15, 0.2) is 0 Å². The Labute approximate surface area is 214 Å². The van der Waals surface area contributed by atoms with Crippen LogP contribution in [0.1, 0.15) is 52.9 Å². The van der Waals surface area contributed by atoms with Crippen LogP contribution in [-0.2, 0) is 29.4 Å². The standard InChI is InChI=1S/C26H31FN6O2S/c27-16-10-26(5-1-7-33(26)12-16)15-35-24-30-19-4-9-34-8-3-17(19)23(31-24)32-13-25(14-32)6-2-20-21(25)18(11-28)22(29)36-20/h16H,1-10,12-15,29H2/t16-,26+/m1/s1. The van der Waals surface area contributed by atoms with Crippen LogP contribution >= 0.6 is 11.3 Å². The molecule has 0 unspecified atom stereocenters. The number of halogens is 1. The second-order valence-corrected chi connectivity index (χ2v) is 12.3. The van der Waals surface area contributed by atoms with Gasteiger partial charge in [0.25, 0.3) is 0 Å². The van der Waals surface area contributed by atoms with Crippen LogP contribution in [-0.4, -0.2) is 72.6 Å². The monoisotopic (exact) mass is 510 g/mol. The number of nitrogens with zero attached hydrogens (tertiary/aromatic N) is 5. The SMILES string of the molecule is N#Cc1c(N)sc2c1C1(CC2)CN(c2nc(OC[C@@]34CCCN3C[C@H](F)C4)nc3c2CCOCC3)C1. The van der Waals surface area contributed by atoms with E-state index in [1.54, 1.807) is 11.3 Å². The Morgan fingerprint density at radius 3 is 2.94 bits per heavy atom. The van der Waals surface area contributed by atoms with E-state index in [0.29, 0.717) is 49.4 Å². The minimum Gasteiger partial charge on any atom is -0.461 e. The first kappa shape index (κ1) is 22.7. The Morgan fingerprint density at radius 1 is 1.22 bits per heavy atom. The van der Waals surface area contributed by atoms with Crippen molar-refractivity contribution in [2.24, 2.45) is 0 Å². The number of aryl methyl sites for hydroxylation is 1. The number of aromatic nitrogens is 2. The molecule has 1 spiro atoms. The number of nitriles is 1. The van der Waals surface area contributed by atoms with Crippen molar-refractivity contribution in [1.29, 1.82) is 5.26 Å². The summed E-state index contributed by atoms with van der Waals surface area (Å²) >= 11 is 1.57. The lowest BCUT2D eigenvalue weighted by Gasteiger charge is -2.50. The molecule has 2 aromatic heterocycles. The van der Waals surface area contributed by atoms with Crippen LogP contribution in [0, 0.1) is 11.3 Å². The summed E-state index contributed by atoms with van der Waals surface area (Å²) in [6.45, 7) is 4.79. The van der Waals surface area contributed by atoms with Gasteiger partial charge in [0.2, 0.25) is 0 Å². The molecule has 7 rings (SSSR count). The Morgan fingerprint density at radius 2 is 2.08 bits per heavy atom. The van der Waals surface area contributed by atoms with E-state index in [1.807, 2.05) is 0 Å². The van der Waals surface area contributed by atoms with Crippen LogP contribution < -0.4 is 15.4 Å². The molecular weight excluding hydrogens is 479 g/mol. The summed E-state index contributed by atoms with van der Waals surface area (Å²) in [6, 6.07) is 2.75. The fraction of sp³-hybridized carbons (Fsp3) is 0.654. The van der Waals surface area contributed by atoms with E-state index in [0.717, 1.165) is 75.2 Å². The fourth-order valence-corrected chi connectivity index (χ4v) is 8.49. The molecule has 2 N–H and O–H groups in total. The zero-order valence-corrected chi connectivity index (χ0v) is 21.2. The number of nitrogen functional groups attached to an aromatic ring is 1. The average Bonchev–Trinajstić information content (AvgIpc) is 3.50. The van der Waals surface area contributed by atoms with Gasteiger partial charge in [-0.3, -0.25) is 4.90 Å². The second-order valence-electron chi connectivity index (χ2n) is 11.1. The van der Waals surface area contributed by atoms with Gasteiger partial charge in [-0.2, -0.15) is 15.2 Å². The molecule has 36 heavy (non-hydrogen) atoms. The topological polar surface area (TPSA) is 101 Å². The van der Waals surface area contributed by atoms with Crippen molar-refractivity contribution in [2.45, 2.75) is 62.1 Å². The third-order valence-corrected chi connectivity index (χ3v) is 10.1. The van der Waals surface area contributed by atoms with Crippen molar-refractivity contribution in [3.63, 3.8) is 0 Å². The van der Waals surface area contributed by atoms with E-state index < -0.39 is 6.17 Å². The number of fused-ring (bicyclic) bond motifs is 4. The second kappa shape index (κ2) is 8.27. The molecule has 0 aromatic carbocycles. The van der Waals surface area contributed by atoms with E-state index in [9.17, 15) is 9.65 Å². The smallest absolute Gasteiger partial charge is 0.318 e. The molecule has 4 aliphatic heterocycles. The average molecular weight is 511 g/mol. The number of thiophene rings is 1. The lowest BCUT2D eigenvalue weighted by atomic mass is 9.73. The van der Waals surface area contributed by atoms with Crippen molar-refractivity contribution in [1.82, 2.24) is 14.9 Å². The van der Waals surface area contributed by atoms with Crippen molar-refractivity contribution in [2.75, 3.05) is 56.6 Å². The van der Waals surface area contributed by atoms with Crippen molar-refractivity contribution < 1.29 is 13.9 Å². The number of hydrogen-bond donors (Lipinski definition) is 1. The fourth-order valence-electron chi connectivity index (χ4n) is 7.35. The van der Waals surface area contributed by atoms with Crippen LogP contribution in [0.3, 0.4) is 0 Å². The molecule has 6 heterocycles. The predicted octanol–water partition coefficient (Wildman–Crippen LogP) is 2.77. The molecule has 3 saturated heterocycles. The molecule has 190 valence electrons. The number of alkyl halides is 1. The minimum atomic E-state index is -0.785. The molecule has 0 bridgehead atoms. The quantitative estimate of drug-likeness (QED) is 0.670. The summed E-state index contributed by atoms with van der Waals surface area (Å²) in [6.07, 6.45) is 5.32. The molecule has 0 saturated carbocycles. The van der Waals surface area contributed by atoms with Crippen LogP contribution in [0.25, 0.3) is 0 Å². The zero-order valence-electron chi connectivity index (χ0n) is 20.4. The normalized spacial score (nSPS) is 28.3. The third-order valence-electron chi connectivity index (χ3n) is 9.03. The molecule has 0 amide bonds. The van der Waals surface area contributed by atoms with Crippen molar-refractivity contribution in [3.05, 3.63) is 27.3 Å². The van der Waals surface area contributed by atoms with Crippen LogP contribution in [0.2, 0.25) is 0 Å². The van der Waals surface area contributed by atoms with E-state index in [1.165, 1.54) is 10.4 Å². The highest BCUT2D eigenvalue weighted by atomic mass is 32.1. The molecule has 1 aliphatic carbocycles. The maximum Gasteiger partial charge on any atom is 0.318 e. The first-order valence-corrected chi connectivity index (χ1v) is 13.9. The highest BCUT2D eigenvalue weighted by Crippen LogP contribution is 2.53. The van der Waals surface area contributed by atoms with Gasteiger partial charge >= 0.3 is 6.01 Å². The van der Waals surface area contributed by atoms with E-state index >= 15 is 0 Å². The largest absolute Gasteiger partial charge is 0.461 e. The van der Waals surface area contributed by atoms with Gasteiger partial charge in [-0.25, -0.2) is 4.39 Å². The molecule has 0 radical (unpaired) electrons. The number of hydrogen-bond acceptors (Lipinski definition) is 9. The summed E-state index contributed by atoms with van der Waals surface area (Å²) in [7, 11) is 0. The molecule has 2 aromatic rings. The lowest BCUT2D eigenvalue weighted by molar-refractivity contribution is 0.107. The molecule has 5 aliphatic rings. The third kappa shape index (κ3) is 3.36. The van der Waals surface area contributed by atoms with E-state index in [-0.39, 0.29) is 11.0 Å². The molecule has 10 heteroatoms. The van der Waals surface area contributed by atoms with Gasteiger partial charge in [0, 0.05) is 54.8 Å². The molecular formula is C26H31FN6O2S. The number of anilines is 2. The summed E-state index contributed by atoms with van der Waals surface area (Å²) in [5, 5.41) is 10.4. The first-order chi connectivity index (χ1) is 17.5. The van der Waals surface area contributed by atoms with E-state index in [2.05, 4.69) is 15.9 Å². The summed E-state index contributed by atoms with van der Waals surface area (Å²) in [5.74, 6) is 0.928. The number of nitrogens with two attached hydrogens (primary N) is 1. The van der Waals surface area contributed by atoms with E-state index in [4.69, 9.17) is 25.2 Å². The Kier molecular flexibility index (Phi) is 5.21.